The zero-order chi connectivity index (χ0) is 23.2. The van der Waals surface area contributed by atoms with Crippen LogP contribution in [0.2, 0.25) is 0 Å². The second kappa shape index (κ2) is 8.27. The van der Waals surface area contributed by atoms with Crippen LogP contribution in [-0.2, 0) is 26.2 Å². The number of pyridine rings is 1. The molecular weight excluding hydrogens is 444 g/mol. The standard InChI is InChI=1S/C23H24N4O5S/c1-32-23(29)15-7-9-16(10-8-15)27-20(14-28)25-19-13-24-22-18(21(19)27)11-12-26(22)33(30,31)17-5-3-2-4-6-17/h2-6,11-13,15-16,28H,7-10,14H2,1H3. The maximum Gasteiger partial charge on any atom is 0.308 e. The molecular formula is C23H24N4O5S. The minimum absolute atomic E-state index is 0.0257. The summed E-state index contributed by atoms with van der Waals surface area (Å²) in [6.07, 6.45) is 5.86. The average molecular weight is 469 g/mol. The molecule has 0 radical (unpaired) electrons. The monoisotopic (exact) mass is 468 g/mol. The molecule has 1 aromatic carbocycles. The van der Waals surface area contributed by atoms with Gasteiger partial charge in [-0.1, -0.05) is 18.2 Å². The van der Waals surface area contributed by atoms with Crippen molar-refractivity contribution in [3.8, 4) is 0 Å². The zero-order valence-corrected chi connectivity index (χ0v) is 18.9. The fourth-order valence-electron chi connectivity index (χ4n) is 4.84. The Balaban J connectivity index is 1.63. The summed E-state index contributed by atoms with van der Waals surface area (Å²) in [6, 6.07) is 9.97. The highest BCUT2D eigenvalue weighted by Crippen LogP contribution is 2.38. The van der Waals surface area contributed by atoms with Crippen LogP contribution in [0.5, 0.6) is 0 Å². The first-order chi connectivity index (χ1) is 16.0. The van der Waals surface area contributed by atoms with Crippen molar-refractivity contribution in [3.05, 3.63) is 54.6 Å². The normalized spacial score (nSPS) is 19.2. The van der Waals surface area contributed by atoms with E-state index in [4.69, 9.17) is 4.74 Å². The molecule has 172 valence electrons. The Labute approximate surface area is 190 Å². The number of hydrogen-bond donors (Lipinski definition) is 1. The first-order valence-corrected chi connectivity index (χ1v) is 12.3. The van der Waals surface area contributed by atoms with Crippen LogP contribution in [0.1, 0.15) is 37.5 Å². The number of benzene rings is 1. The molecule has 4 aromatic rings. The van der Waals surface area contributed by atoms with Gasteiger partial charge in [0.2, 0.25) is 0 Å². The van der Waals surface area contributed by atoms with Crippen molar-refractivity contribution in [2.75, 3.05) is 7.11 Å². The summed E-state index contributed by atoms with van der Waals surface area (Å²) in [7, 11) is -2.42. The van der Waals surface area contributed by atoms with Crippen molar-refractivity contribution >= 4 is 38.1 Å². The summed E-state index contributed by atoms with van der Waals surface area (Å²) in [4.78, 5) is 21.1. The molecule has 3 aromatic heterocycles. The van der Waals surface area contributed by atoms with E-state index < -0.39 is 10.0 Å². The molecule has 0 aliphatic heterocycles. The Morgan fingerprint density at radius 1 is 1.15 bits per heavy atom. The summed E-state index contributed by atoms with van der Waals surface area (Å²) in [6.45, 7) is -0.254. The van der Waals surface area contributed by atoms with Crippen LogP contribution in [-0.4, -0.2) is 45.1 Å². The van der Waals surface area contributed by atoms with Gasteiger partial charge in [-0.2, -0.15) is 0 Å². The summed E-state index contributed by atoms with van der Waals surface area (Å²) in [5, 5.41) is 10.7. The fraction of sp³-hybridized carbons (Fsp3) is 0.348. The molecule has 10 heteroatoms. The van der Waals surface area contributed by atoms with Crippen LogP contribution in [0.25, 0.3) is 22.1 Å². The molecule has 3 heterocycles. The molecule has 0 bridgehead atoms. The summed E-state index contributed by atoms with van der Waals surface area (Å²) in [5.74, 6) is 0.179. The van der Waals surface area contributed by atoms with Crippen LogP contribution in [0.15, 0.2) is 53.7 Å². The highest BCUT2D eigenvalue weighted by atomic mass is 32.2. The Hall–Kier alpha value is -3.24. The average Bonchev–Trinajstić information content (AvgIpc) is 3.45. The third kappa shape index (κ3) is 3.50. The molecule has 0 atom stereocenters. The number of aliphatic hydroxyl groups excluding tert-OH is 1. The lowest BCUT2D eigenvalue weighted by molar-refractivity contribution is -0.146. The Bertz CT molecular complexity index is 1430. The van der Waals surface area contributed by atoms with E-state index in [1.165, 1.54) is 17.3 Å². The Morgan fingerprint density at radius 3 is 2.55 bits per heavy atom. The largest absolute Gasteiger partial charge is 0.469 e. The second-order valence-corrected chi connectivity index (χ2v) is 10.1. The highest BCUT2D eigenvalue weighted by molar-refractivity contribution is 7.90. The summed E-state index contributed by atoms with van der Waals surface area (Å²) >= 11 is 0. The number of carbonyl (C=O) groups is 1. The van der Waals surface area contributed by atoms with E-state index in [1.54, 1.807) is 42.6 Å². The van der Waals surface area contributed by atoms with Crippen molar-refractivity contribution in [3.63, 3.8) is 0 Å². The zero-order valence-electron chi connectivity index (χ0n) is 18.1. The van der Waals surface area contributed by atoms with E-state index in [-0.39, 0.29) is 29.4 Å². The quantitative estimate of drug-likeness (QED) is 0.448. The number of fused-ring (bicyclic) bond motifs is 3. The molecule has 9 nitrogen and oxygen atoms in total. The van der Waals surface area contributed by atoms with E-state index in [1.807, 2.05) is 4.57 Å². The highest BCUT2D eigenvalue weighted by Gasteiger charge is 2.31. The number of rotatable bonds is 5. The molecule has 5 rings (SSSR count). The van der Waals surface area contributed by atoms with Gasteiger partial charge in [0.1, 0.15) is 17.9 Å². The molecule has 0 spiro atoms. The van der Waals surface area contributed by atoms with Gasteiger partial charge in [0.25, 0.3) is 10.0 Å². The van der Waals surface area contributed by atoms with Gasteiger partial charge < -0.3 is 14.4 Å². The number of aromatic nitrogens is 4. The number of esters is 1. The first-order valence-electron chi connectivity index (χ1n) is 10.8. The van der Waals surface area contributed by atoms with E-state index in [9.17, 15) is 18.3 Å². The minimum Gasteiger partial charge on any atom is -0.469 e. The third-order valence-electron chi connectivity index (χ3n) is 6.44. The lowest BCUT2D eigenvalue weighted by Gasteiger charge is -2.29. The lowest BCUT2D eigenvalue weighted by atomic mass is 9.86. The molecule has 33 heavy (non-hydrogen) atoms. The number of hydrogen-bond acceptors (Lipinski definition) is 7. The van der Waals surface area contributed by atoms with Gasteiger partial charge in [-0.25, -0.2) is 22.4 Å². The smallest absolute Gasteiger partial charge is 0.308 e. The summed E-state index contributed by atoms with van der Waals surface area (Å²) < 4.78 is 34.5. The van der Waals surface area contributed by atoms with Crippen molar-refractivity contribution in [2.45, 2.75) is 43.2 Å². The van der Waals surface area contributed by atoms with Crippen LogP contribution >= 0.6 is 0 Å². The van der Waals surface area contributed by atoms with Crippen LogP contribution in [0.4, 0.5) is 0 Å². The van der Waals surface area contributed by atoms with Crippen LogP contribution < -0.4 is 0 Å². The van der Waals surface area contributed by atoms with Crippen molar-refractivity contribution in [1.82, 2.24) is 18.5 Å². The number of carbonyl (C=O) groups excluding carboxylic acids is 1. The topological polar surface area (TPSA) is 116 Å². The second-order valence-electron chi connectivity index (χ2n) is 8.24. The lowest BCUT2D eigenvalue weighted by Crippen LogP contribution is -2.25. The molecule has 0 unspecified atom stereocenters. The molecule has 0 amide bonds. The maximum atomic E-state index is 13.2. The van der Waals surface area contributed by atoms with Crippen LogP contribution in [0, 0.1) is 5.92 Å². The molecule has 1 aliphatic rings. The minimum atomic E-state index is -3.82. The van der Waals surface area contributed by atoms with Gasteiger partial charge in [0.05, 0.1) is 29.6 Å². The van der Waals surface area contributed by atoms with Gasteiger partial charge in [-0.3, -0.25) is 4.79 Å². The number of imidazole rings is 1. The van der Waals surface area contributed by atoms with E-state index in [0.29, 0.717) is 35.2 Å². The Morgan fingerprint density at radius 2 is 1.88 bits per heavy atom. The number of ether oxygens (including phenoxy) is 1. The molecule has 1 aliphatic carbocycles. The fourth-order valence-corrected chi connectivity index (χ4v) is 6.16. The molecule has 1 N–H and O–H groups in total. The van der Waals surface area contributed by atoms with Gasteiger partial charge >= 0.3 is 5.97 Å². The number of nitrogens with zero attached hydrogens (tertiary/aromatic N) is 4. The van der Waals surface area contributed by atoms with Crippen molar-refractivity contribution in [2.24, 2.45) is 5.92 Å². The van der Waals surface area contributed by atoms with E-state index in [2.05, 4.69) is 9.97 Å². The molecule has 0 saturated heterocycles. The van der Waals surface area contributed by atoms with Crippen LogP contribution in [0.3, 0.4) is 0 Å². The Kier molecular flexibility index (Phi) is 5.41. The third-order valence-corrected chi connectivity index (χ3v) is 8.12. The van der Waals surface area contributed by atoms with E-state index >= 15 is 0 Å². The van der Waals surface area contributed by atoms with Gasteiger partial charge in [-0.15, -0.1) is 0 Å². The molecule has 1 saturated carbocycles. The van der Waals surface area contributed by atoms with E-state index in [0.717, 1.165) is 18.4 Å². The SMILES string of the molecule is COC(=O)C1CCC(n2c(CO)nc3cnc4c(ccn4S(=O)(=O)c4ccccc4)c32)CC1. The summed E-state index contributed by atoms with van der Waals surface area (Å²) in [5.41, 5.74) is 1.64. The number of methoxy groups -OCH3 is 1. The van der Waals surface area contributed by atoms with Gasteiger partial charge in [0, 0.05) is 17.6 Å². The van der Waals surface area contributed by atoms with Crippen molar-refractivity contribution in [1.29, 1.82) is 0 Å². The van der Waals surface area contributed by atoms with Gasteiger partial charge in [-0.05, 0) is 43.9 Å². The van der Waals surface area contributed by atoms with Crippen molar-refractivity contribution < 1.29 is 23.1 Å². The molecule has 1 fully saturated rings. The first kappa shape index (κ1) is 21.6. The maximum absolute atomic E-state index is 13.2. The number of aliphatic hydroxyl groups is 1. The predicted octanol–water partition coefficient (Wildman–Crippen LogP) is 3.02. The predicted molar refractivity (Wildman–Crippen MR) is 121 cm³/mol. The van der Waals surface area contributed by atoms with Gasteiger partial charge in [0.15, 0.2) is 5.65 Å².